The molecular formula is C44H88N6O21. The molecule has 0 saturated carbocycles. The van der Waals surface area contributed by atoms with Crippen LogP contribution in [0.3, 0.4) is 0 Å². The van der Waals surface area contributed by atoms with Crippen molar-refractivity contribution >= 4 is 0 Å². The van der Waals surface area contributed by atoms with Crippen LogP contribution in [0.5, 0.6) is 0 Å². The molecule has 0 aliphatic rings. The number of hydrogen-bond acceptors (Lipinski definition) is 23. The van der Waals surface area contributed by atoms with Gasteiger partial charge in [0.25, 0.3) is 0 Å². The fourth-order valence-corrected chi connectivity index (χ4v) is 4.80. The van der Waals surface area contributed by atoms with Crippen molar-refractivity contribution in [2.24, 2.45) is 10.2 Å². The van der Waals surface area contributed by atoms with Crippen molar-refractivity contribution < 1.29 is 99.5 Å². The van der Waals surface area contributed by atoms with Crippen molar-refractivity contribution in [3.05, 3.63) is 20.9 Å². The van der Waals surface area contributed by atoms with E-state index < -0.39 is 0 Å². The van der Waals surface area contributed by atoms with Crippen molar-refractivity contribution in [3.63, 3.8) is 0 Å². The van der Waals surface area contributed by atoms with Crippen LogP contribution in [0.15, 0.2) is 10.2 Å². The van der Waals surface area contributed by atoms with E-state index >= 15 is 0 Å². The van der Waals surface area contributed by atoms with Gasteiger partial charge in [-0.25, -0.2) is 0 Å². The van der Waals surface area contributed by atoms with E-state index in [0.717, 1.165) is 0 Å². The van der Waals surface area contributed by atoms with Crippen LogP contribution in [0.1, 0.15) is 0 Å². The second-order valence-electron chi connectivity index (χ2n) is 13.8. The summed E-state index contributed by atoms with van der Waals surface area (Å²) < 4.78 is 114. The lowest BCUT2D eigenvalue weighted by molar-refractivity contribution is -0.0315. The third-order valence-corrected chi connectivity index (χ3v) is 8.24. The molecule has 0 saturated heterocycles. The standard InChI is InChI=1S/C44H88N6O21/c45-49-47-1-3-51-5-7-53-9-11-55-13-15-57-17-19-59-21-23-61-25-27-63-29-31-65-33-35-67-37-39-69-41-43-71-44-42-70-40-38-68-36-34-66-32-30-64-28-26-62-24-22-60-20-18-58-16-14-56-12-10-54-8-6-52-4-2-48-50-46/h1-44H2. The lowest BCUT2D eigenvalue weighted by Crippen LogP contribution is -2.16. The van der Waals surface area contributed by atoms with E-state index in [1.807, 2.05) is 0 Å². The molecule has 0 unspecified atom stereocenters. The molecule has 27 nitrogen and oxygen atoms in total. The Labute approximate surface area is 420 Å². The topological polar surface area (TPSA) is 291 Å². The summed E-state index contributed by atoms with van der Waals surface area (Å²) in [6.07, 6.45) is 0. The van der Waals surface area contributed by atoms with Crippen LogP contribution in [0.25, 0.3) is 20.9 Å². The van der Waals surface area contributed by atoms with Gasteiger partial charge in [0.05, 0.1) is 277 Å². The minimum atomic E-state index is 0.320. The maximum atomic E-state index is 8.16. The normalized spacial score (nSPS) is 11.4. The van der Waals surface area contributed by atoms with Crippen LogP contribution in [0, 0.1) is 0 Å². The molecule has 0 aliphatic heterocycles. The summed E-state index contributed by atoms with van der Waals surface area (Å²) in [7, 11) is 0. The van der Waals surface area contributed by atoms with Crippen molar-refractivity contribution in [3.8, 4) is 0 Å². The number of nitrogens with zero attached hydrogens (tertiary/aromatic N) is 6. The summed E-state index contributed by atoms with van der Waals surface area (Å²) in [5.41, 5.74) is 16.3. The van der Waals surface area contributed by atoms with Crippen LogP contribution in [-0.2, 0) is 99.5 Å². The minimum absolute atomic E-state index is 0.320. The molecule has 0 fully saturated rings. The van der Waals surface area contributed by atoms with Gasteiger partial charge in [-0.1, -0.05) is 10.2 Å². The zero-order valence-corrected chi connectivity index (χ0v) is 42.4. The summed E-state index contributed by atoms with van der Waals surface area (Å²) in [4.78, 5) is 5.30. The highest BCUT2D eigenvalue weighted by Crippen LogP contribution is 1.90. The molecule has 27 heteroatoms. The lowest BCUT2D eigenvalue weighted by Gasteiger charge is -2.09. The molecule has 0 amide bonds. The molecule has 71 heavy (non-hydrogen) atoms. The Morgan fingerprint density at radius 2 is 0.239 bits per heavy atom. The quantitative estimate of drug-likeness (QED) is 0.0364. The van der Waals surface area contributed by atoms with E-state index in [2.05, 4.69) is 20.1 Å². The van der Waals surface area contributed by atoms with Gasteiger partial charge in [-0.3, -0.25) is 0 Å². The van der Waals surface area contributed by atoms with Gasteiger partial charge in [-0.15, -0.1) is 0 Å². The number of azide groups is 2. The molecule has 0 aromatic rings. The first-order chi connectivity index (χ1) is 35.4. The largest absolute Gasteiger partial charge is 0.379 e. The minimum Gasteiger partial charge on any atom is -0.379 e. The Bertz CT molecular complexity index is 1020. The van der Waals surface area contributed by atoms with Gasteiger partial charge in [-0.05, 0) is 11.1 Å². The summed E-state index contributed by atoms with van der Waals surface area (Å²) in [6, 6.07) is 0. The van der Waals surface area contributed by atoms with Crippen molar-refractivity contribution in [1.29, 1.82) is 0 Å². The van der Waals surface area contributed by atoms with Crippen LogP contribution < -0.4 is 0 Å². The summed E-state index contributed by atoms with van der Waals surface area (Å²) in [6.45, 7) is 20.6. The Hall–Kier alpha value is -2.22. The second kappa shape index (κ2) is 67.8. The van der Waals surface area contributed by atoms with Crippen LogP contribution in [0.2, 0.25) is 0 Å². The fraction of sp³-hybridized carbons (Fsp3) is 1.00. The molecular weight excluding hydrogens is 949 g/mol. The smallest absolute Gasteiger partial charge is 0.0701 e. The Morgan fingerprint density at radius 3 is 0.324 bits per heavy atom. The van der Waals surface area contributed by atoms with Gasteiger partial charge >= 0.3 is 0 Å². The van der Waals surface area contributed by atoms with Gasteiger partial charge < -0.3 is 99.5 Å². The average Bonchev–Trinajstić information content (AvgIpc) is 3.38. The maximum Gasteiger partial charge on any atom is 0.0701 e. The second-order valence-corrected chi connectivity index (χ2v) is 13.8. The highest BCUT2D eigenvalue weighted by atomic mass is 16.6. The molecule has 0 aromatic carbocycles. The SMILES string of the molecule is [N-]=[N+]=NCCOCCOCCOCCOCCOCCOCCOCCOCCOCCOCCOCCOCCOCCOCCOCCOCCOCCOCCOCCOCCOCCN=[N+]=[N-]. The molecule has 0 aromatic heterocycles. The van der Waals surface area contributed by atoms with Crippen molar-refractivity contribution in [2.75, 3.05) is 291 Å². The molecule has 0 atom stereocenters. The molecule has 0 aliphatic carbocycles. The number of rotatable bonds is 66. The molecule has 0 rings (SSSR count). The lowest BCUT2D eigenvalue weighted by atomic mass is 10.6. The van der Waals surface area contributed by atoms with Gasteiger partial charge in [-0.2, -0.15) is 0 Å². The van der Waals surface area contributed by atoms with Gasteiger partial charge in [0, 0.05) is 22.9 Å². The van der Waals surface area contributed by atoms with Gasteiger partial charge in [0.1, 0.15) is 0 Å². The van der Waals surface area contributed by atoms with E-state index in [-0.39, 0.29) is 0 Å². The van der Waals surface area contributed by atoms with Crippen LogP contribution in [0.4, 0.5) is 0 Å². The summed E-state index contributed by atoms with van der Waals surface area (Å²) >= 11 is 0. The summed E-state index contributed by atoms with van der Waals surface area (Å²) in [5.74, 6) is 0. The highest BCUT2D eigenvalue weighted by Gasteiger charge is 1.99. The number of hydrogen-bond donors (Lipinski definition) is 0. The van der Waals surface area contributed by atoms with Crippen molar-refractivity contribution in [1.82, 2.24) is 0 Å². The van der Waals surface area contributed by atoms with E-state index in [9.17, 15) is 0 Å². The van der Waals surface area contributed by atoms with E-state index in [1.54, 1.807) is 0 Å². The summed E-state index contributed by atoms with van der Waals surface area (Å²) in [5, 5.41) is 6.76. The fourth-order valence-electron chi connectivity index (χ4n) is 4.80. The molecule has 0 bridgehead atoms. The molecule has 0 radical (unpaired) electrons. The first-order valence-electron chi connectivity index (χ1n) is 24.6. The Balaban J connectivity index is 3.08. The average molecular weight is 1040 g/mol. The van der Waals surface area contributed by atoms with E-state index in [4.69, 9.17) is 111 Å². The van der Waals surface area contributed by atoms with Crippen LogP contribution >= 0.6 is 0 Å². The Kier molecular flexibility index (Phi) is 65.7. The molecule has 420 valence electrons. The van der Waals surface area contributed by atoms with E-state index in [0.29, 0.717) is 291 Å². The molecule has 0 N–H and O–H groups in total. The van der Waals surface area contributed by atoms with Gasteiger partial charge in [0.15, 0.2) is 0 Å². The van der Waals surface area contributed by atoms with Gasteiger partial charge in [0.2, 0.25) is 0 Å². The predicted octanol–water partition coefficient (Wildman–Crippen LogP) is 1.96. The maximum absolute atomic E-state index is 8.16. The third kappa shape index (κ3) is 67.8. The van der Waals surface area contributed by atoms with Crippen LogP contribution in [-0.4, -0.2) is 291 Å². The zero-order chi connectivity index (χ0) is 50.8. The Morgan fingerprint density at radius 1 is 0.155 bits per heavy atom. The number of ether oxygens (including phenoxy) is 21. The first-order valence-corrected chi connectivity index (χ1v) is 24.6. The predicted molar refractivity (Wildman–Crippen MR) is 255 cm³/mol. The first kappa shape index (κ1) is 68.8. The zero-order valence-electron chi connectivity index (χ0n) is 42.4. The van der Waals surface area contributed by atoms with E-state index in [1.165, 1.54) is 0 Å². The molecule has 0 heterocycles. The molecule has 0 spiro atoms. The third-order valence-electron chi connectivity index (χ3n) is 8.24. The monoisotopic (exact) mass is 1040 g/mol. The highest BCUT2D eigenvalue weighted by molar-refractivity contribution is 4.46. The van der Waals surface area contributed by atoms with Crippen molar-refractivity contribution in [2.45, 2.75) is 0 Å².